The van der Waals surface area contributed by atoms with E-state index in [1.54, 1.807) is 18.2 Å². The van der Waals surface area contributed by atoms with Crippen molar-refractivity contribution in [2.75, 3.05) is 0 Å². The van der Waals surface area contributed by atoms with Gasteiger partial charge in [-0.05, 0) is 44.9 Å². The Labute approximate surface area is 108 Å². The van der Waals surface area contributed by atoms with Gasteiger partial charge >= 0.3 is 5.97 Å². The fourth-order valence-corrected chi connectivity index (χ4v) is 1.41. The molecular formula is C15H17NO2. The molecule has 0 aliphatic carbocycles. The van der Waals surface area contributed by atoms with Crippen LogP contribution >= 0.6 is 0 Å². The molecule has 1 aromatic rings. The summed E-state index contributed by atoms with van der Waals surface area (Å²) in [6, 6.07) is 5.42. The summed E-state index contributed by atoms with van der Waals surface area (Å²) in [4.78, 5) is 14.9. The number of benzene rings is 1. The highest BCUT2D eigenvalue weighted by Crippen LogP contribution is 2.20. The zero-order valence-electron chi connectivity index (χ0n) is 11.2. The van der Waals surface area contributed by atoms with E-state index in [1.165, 1.54) is 6.08 Å². The number of carbonyl (C=O) groups excluding carboxylic acids is 1. The van der Waals surface area contributed by atoms with Crippen LogP contribution in [-0.4, -0.2) is 11.6 Å². The first-order valence-electron chi connectivity index (χ1n) is 5.71. The van der Waals surface area contributed by atoms with Crippen LogP contribution < -0.4 is 0 Å². The summed E-state index contributed by atoms with van der Waals surface area (Å²) in [6.45, 7) is 14.3. The minimum Gasteiger partial charge on any atom is -0.457 e. The van der Waals surface area contributed by atoms with Crippen LogP contribution in [0.5, 0.6) is 0 Å². The molecule has 3 heteroatoms. The van der Waals surface area contributed by atoms with Crippen LogP contribution in [0.4, 0.5) is 5.69 Å². The number of hydrogen-bond acceptors (Lipinski definition) is 2. The van der Waals surface area contributed by atoms with E-state index < -0.39 is 5.60 Å². The molecular weight excluding hydrogens is 226 g/mol. The highest BCUT2D eigenvalue weighted by molar-refractivity contribution is 5.87. The van der Waals surface area contributed by atoms with E-state index in [0.29, 0.717) is 5.69 Å². The molecule has 0 saturated carbocycles. The maximum Gasteiger partial charge on any atom is 0.331 e. The predicted molar refractivity (Wildman–Crippen MR) is 72.3 cm³/mol. The lowest BCUT2D eigenvalue weighted by atomic mass is 10.1. The number of nitrogens with zero attached hydrogens (tertiary/aromatic N) is 1. The molecule has 1 aromatic carbocycles. The van der Waals surface area contributed by atoms with Crippen molar-refractivity contribution in [1.29, 1.82) is 0 Å². The summed E-state index contributed by atoms with van der Waals surface area (Å²) >= 11 is 0. The van der Waals surface area contributed by atoms with Crippen LogP contribution in [0.3, 0.4) is 0 Å². The van der Waals surface area contributed by atoms with Crippen LogP contribution in [0.15, 0.2) is 24.3 Å². The van der Waals surface area contributed by atoms with Gasteiger partial charge in [0.1, 0.15) is 5.60 Å². The standard InChI is InChI=1S/C15H17NO2/c1-11-10-12(6-8-13(11)16-5)7-9-14(17)18-15(2,3)4/h6-10H,1-4H3. The molecule has 1 rings (SSSR count). The molecule has 18 heavy (non-hydrogen) atoms. The van der Waals surface area contributed by atoms with E-state index in [4.69, 9.17) is 11.3 Å². The van der Waals surface area contributed by atoms with E-state index in [1.807, 2.05) is 33.8 Å². The van der Waals surface area contributed by atoms with E-state index in [-0.39, 0.29) is 5.97 Å². The molecule has 0 saturated heterocycles. The van der Waals surface area contributed by atoms with Crippen LogP contribution in [0.25, 0.3) is 10.9 Å². The summed E-state index contributed by atoms with van der Waals surface area (Å²) in [5.41, 5.74) is 1.93. The SMILES string of the molecule is [C-]#[N+]c1ccc(C=CC(=O)OC(C)(C)C)cc1C. The van der Waals surface area contributed by atoms with Gasteiger partial charge in [-0.1, -0.05) is 18.2 Å². The van der Waals surface area contributed by atoms with Gasteiger partial charge in [0.05, 0.1) is 6.57 Å². The molecule has 0 spiro atoms. The number of aryl methyl sites for hydroxylation is 1. The first kappa shape index (κ1) is 14.0. The zero-order valence-corrected chi connectivity index (χ0v) is 11.2. The van der Waals surface area contributed by atoms with Gasteiger partial charge in [-0.3, -0.25) is 0 Å². The quantitative estimate of drug-likeness (QED) is 0.448. The van der Waals surface area contributed by atoms with Crippen molar-refractivity contribution in [3.8, 4) is 0 Å². The number of esters is 1. The van der Waals surface area contributed by atoms with Crippen LogP contribution in [-0.2, 0) is 9.53 Å². The third-order valence-electron chi connectivity index (χ3n) is 2.16. The Kier molecular flexibility index (Phi) is 4.28. The monoisotopic (exact) mass is 243 g/mol. The lowest BCUT2D eigenvalue weighted by Gasteiger charge is -2.17. The van der Waals surface area contributed by atoms with Crippen LogP contribution in [0, 0.1) is 13.5 Å². The molecule has 0 radical (unpaired) electrons. The van der Waals surface area contributed by atoms with Crippen LogP contribution in [0.2, 0.25) is 0 Å². The second-order valence-electron chi connectivity index (χ2n) is 5.02. The molecule has 0 aromatic heterocycles. The van der Waals surface area contributed by atoms with Crippen molar-refractivity contribution in [2.45, 2.75) is 33.3 Å². The zero-order chi connectivity index (χ0) is 13.8. The van der Waals surface area contributed by atoms with Crippen molar-refractivity contribution < 1.29 is 9.53 Å². The van der Waals surface area contributed by atoms with Gasteiger partial charge in [0.25, 0.3) is 0 Å². The summed E-state index contributed by atoms with van der Waals surface area (Å²) in [6.07, 6.45) is 3.09. The molecule has 0 bridgehead atoms. The summed E-state index contributed by atoms with van der Waals surface area (Å²) in [5.74, 6) is -0.366. The summed E-state index contributed by atoms with van der Waals surface area (Å²) in [7, 11) is 0. The molecule has 0 heterocycles. The van der Waals surface area contributed by atoms with Crippen molar-refractivity contribution >= 4 is 17.7 Å². The largest absolute Gasteiger partial charge is 0.457 e. The first-order valence-corrected chi connectivity index (χ1v) is 5.71. The normalized spacial score (nSPS) is 11.3. The summed E-state index contributed by atoms with van der Waals surface area (Å²) in [5, 5.41) is 0. The van der Waals surface area contributed by atoms with E-state index in [0.717, 1.165) is 11.1 Å². The number of carbonyl (C=O) groups is 1. The van der Waals surface area contributed by atoms with Gasteiger partial charge in [-0.25, -0.2) is 9.64 Å². The third-order valence-corrected chi connectivity index (χ3v) is 2.16. The van der Waals surface area contributed by atoms with E-state index in [2.05, 4.69) is 4.85 Å². The highest BCUT2D eigenvalue weighted by atomic mass is 16.6. The Morgan fingerprint density at radius 2 is 2.06 bits per heavy atom. The topological polar surface area (TPSA) is 30.7 Å². The molecule has 0 amide bonds. The minimum atomic E-state index is -0.481. The summed E-state index contributed by atoms with van der Waals surface area (Å²) < 4.78 is 5.16. The number of ether oxygens (including phenoxy) is 1. The smallest absolute Gasteiger partial charge is 0.331 e. The molecule has 3 nitrogen and oxygen atoms in total. The van der Waals surface area contributed by atoms with Crippen molar-refractivity contribution in [3.63, 3.8) is 0 Å². The molecule has 0 aliphatic heterocycles. The average Bonchev–Trinajstić information content (AvgIpc) is 2.24. The lowest BCUT2D eigenvalue weighted by molar-refractivity contribution is -0.148. The molecule has 0 aliphatic rings. The van der Waals surface area contributed by atoms with Gasteiger partial charge in [-0.2, -0.15) is 0 Å². The predicted octanol–water partition coefficient (Wildman–Crippen LogP) is 3.90. The first-order chi connectivity index (χ1) is 8.31. The Morgan fingerprint density at radius 1 is 1.39 bits per heavy atom. The van der Waals surface area contributed by atoms with Crippen LogP contribution in [0.1, 0.15) is 31.9 Å². The molecule has 94 valence electrons. The van der Waals surface area contributed by atoms with E-state index in [9.17, 15) is 4.79 Å². The number of rotatable bonds is 2. The van der Waals surface area contributed by atoms with Gasteiger partial charge in [0.15, 0.2) is 5.69 Å². The Bertz CT molecular complexity index is 516. The Balaban J connectivity index is 2.77. The van der Waals surface area contributed by atoms with Gasteiger partial charge < -0.3 is 4.74 Å². The lowest BCUT2D eigenvalue weighted by Crippen LogP contribution is -2.22. The van der Waals surface area contributed by atoms with Crippen molar-refractivity contribution in [1.82, 2.24) is 0 Å². The molecule has 0 N–H and O–H groups in total. The van der Waals surface area contributed by atoms with E-state index >= 15 is 0 Å². The Hall–Kier alpha value is -2.08. The highest BCUT2D eigenvalue weighted by Gasteiger charge is 2.13. The second kappa shape index (κ2) is 5.50. The van der Waals surface area contributed by atoms with Gasteiger partial charge in [-0.15, -0.1) is 0 Å². The van der Waals surface area contributed by atoms with Crippen molar-refractivity contribution in [2.24, 2.45) is 0 Å². The average molecular weight is 243 g/mol. The maximum atomic E-state index is 11.5. The third kappa shape index (κ3) is 4.42. The van der Waals surface area contributed by atoms with Gasteiger partial charge in [0.2, 0.25) is 0 Å². The number of hydrogen-bond donors (Lipinski definition) is 0. The minimum absolute atomic E-state index is 0.366. The second-order valence-corrected chi connectivity index (χ2v) is 5.02. The van der Waals surface area contributed by atoms with Crippen molar-refractivity contribution in [3.05, 3.63) is 46.8 Å². The molecule has 0 fully saturated rings. The maximum absolute atomic E-state index is 11.5. The molecule has 0 atom stereocenters. The molecule has 0 unspecified atom stereocenters. The fourth-order valence-electron chi connectivity index (χ4n) is 1.41. The fraction of sp³-hybridized carbons (Fsp3) is 0.333. The van der Waals surface area contributed by atoms with Gasteiger partial charge in [0, 0.05) is 6.08 Å². The Morgan fingerprint density at radius 3 is 2.56 bits per heavy atom.